The Morgan fingerprint density at radius 1 is 1.17 bits per heavy atom. The second-order valence-corrected chi connectivity index (χ2v) is 9.47. The summed E-state index contributed by atoms with van der Waals surface area (Å²) in [6, 6.07) is 6.82. The number of piperidine rings is 1. The van der Waals surface area contributed by atoms with Crippen LogP contribution in [0.25, 0.3) is 16.9 Å². The summed E-state index contributed by atoms with van der Waals surface area (Å²) in [5, 5.41) is 2.81. The van der Waals surface area contributed by atoms with E-state index in [-0.39, 0.29) is 23.1 Å². The van der Waals surface area contributed by atoms with E-state index in [2.05, 4.69) is 22.2 Å². The van der Waals surface area contributed by atoms with Gasteiger partial charge in [0.1, 0.15) is 28.5 Å². The van der Waals surface area contributed by atoms with E-state index in [1.54, 1.807) is 12.3 Å². The first-order valence-corrected chi connectivity index (χ1v) is 12.2. The summed E-state index contributed by atoms with van der Waals surface area (Å²) in [5.41, 5.74) is 1.76. The molecular weight excluding hydrogens is 470 g/mol. The summed E-state index contributed by atoms with van der Waals surface area (Å²) >= 11 is 0. The molecule has 10 heteroatoms. The molecule has 1 aliphatic heterocycles. The Kier molecular flexibility index (Phi) is 6.95. The van der Waals surface area contributed by atoms with Crippen LogP contribution in [0.3, 0.4) is 0 Å². The molecular formula is C26H30F2N4O4. The van der Waals surface area contributed by atoms with E-state index in [1.165, 1.54) is 13.2 Å². The first-order chi connectivity index (χ1) is 17.4. The normalized spacial score (nSPS) is 16.9. The van der Waals surface area contributed by atoms with E-state index >= 15 is 0 Å². The number of halogens is 2. The number of fused-ring (bicyclic) bond motifs is 1. The van der Waals surface area contributed by atoms with Crippen LogP contribution >= 0.6 is 0 Å². The van der Waals surface area contributed by atoms with Gasteiger partial charge in [-0.1, -0.05) is 0 Å². The summed E-state index contributed by atoms with van der Waals surface area (Å²) < 4.78 is 44.5. The molecule has 1 aromatic carbocycles. The number of carbonyl (C=O) groups excluding carboxylic acids is 1. The summed E-state index contributed by atoms with van der Waals surface area (Å²) in [6.07, 6.45) is 7.43. The van der Waals surface area contributed by atoms with Crippen LogP contribution in [0.2, 0.25) is 0 Å². The molecule has 1 N–H and O–H groups in total. The largest absolute Gasteiger partial charge is 0.496 e. The van der Waals surface area contributed by atoms with Crippen molar-refractivity contribution in [1.82, 2.24) is 19.6 Å². The molecule has 3 aromatic rings. The highest BCUT2D eigenvalue weighted by molar-refractivity contribution is 6.01. The summed E-state index contributed by atoms with van der Waals surface area (Å²) in [6.45, 7) is -0.270. The van der Waals surface area contributed by atoms with E-state index in [1.807, 2.05) is 22.7 Å². The van der Waals surface area contributed by atoms with Crippen LogP contribution in [0.15, 0.2) is 36.7 Å². The average Bonchev–Trinajstić information content (AvgIpc) is 3.57. The molecule has 2 aromatic heterocycles. The van der Waals surface area contributed by atoms with Crippen LogP contribution in [0.4, 0.5) is 8.78 Å². The molecule has 2 aliphatic rings. The molecule has 3 heterocycles. The fraction of sp³-hybridized carbons (Fsp3) is 0.462. The van der Waals surface area contributed by atoms with E-state index in [0.29, 0.717) is 29.4 Å². The lowest BCUT2D eigenvalue weighted by atomic mass is 9.98. The smallest absolute Gasteiger partial charge is 0.387 e. The third-order valence-corrected chi connectivity index (χ3v) is 6.75. The number of hydrogen-bond donors (Lipinski definition) is 1. The van der Waals surface area contributed by atoms with Gasteiger partial charge in [-0.25, -0.2) is 4.98 Å². The quantitative estimate of drug-likeness (QED) is 0.474. The molecule has 0 radical (unpaired) electrons. The Balaban J connectivity index is 1.41. The molecule has 1 aliphatic carbocycles. The minimum Gasteiger partial charge on any atom is -0.496 e. The van der Waals surface area contributed by atoms with Crippen molar-refractivity contribution in [3.63, 3.8) is 0 Å². The fourth-order valence-electron chi connectivity index (χ4n) is 4.50. The van der Waals surface area contributed by atoms with Crippen molar-refractivity contribution >= 4 is 11.6 Å². The maximum Gasteiger partial charge on any atom is 0.387 e. The van der Waals surface area contributed by atoms with Gasteiger partial charge in [0.15, 0.2) is 0 Å². The Labute approximate surface area is 208 Å². The number of carbonyl (C=O) groups is 1. The standard InChI is InChI=1S/C26H30F2N4O4/c1-31-8-5-16(6-9-31)15-35-19-7-10-32-20(14-29-23(32)13-19)17-11-21(34-2)24(22(12-17)36-26(27)28)25(33)30-18-3-4-18/h7,10-14,16,18,26H,3-6,8-9,15H2,1-2H3,(H,30,33). The van der Waals surface area contributed by atoms with Crippen LogP contribution in [0.1, 0.15) is 36.0 Å². The molecule has 0 unspecified atom stereocenters. The predicted molar refractivity (Wildman–Crippen MR) is 130 cm³/mol. The van der Waals surface area contributed by atoms with Gasteiger partial charge < -0.3 is 24.4 Å². The highest BCUT2D eigenvalue weighted by Crippen LogP contribution is 2.37. The Morgan fingerprint density at radius 2 is 1.92 bits per heavy atom. The Bertz CT molecular complexity index is 1240. The topological polar surface area (TPSA) is 77.3 Å². The molecule has 192 valence electrons. The number of aromatic nitrogens is 2. The highest BCUT2D eigenvalue weighted by atomic mass is 19.3. The van der Waals surface area contributed by atoms with Gasteiger partial charge in [0, 0.05) is 23.9 Å². The molecule has 0 bridgehead atoms. The molecule has 0 atom stereocenters. The lowest BCUT2D eigenvalue weighted by Gasteiger charge is -2.28. The zero-order valence-electron chi connectivity index (χ0n) is 20.4. The molecule has 1 amide bonds. The van der Waals surface area contributed by atoms with Crippen LogP contribution < -0.4 is 19.5 Å². The second-order valence-electron chi connectivity index (χ2n) is 9.47. The van der Waals surface area contributed by atoms with Crippen molar-refractivity contribution in [1.29, 1.82) is 0 Å². The van der Waals surface area contributed by atoms with Crippen molar-refractivity contribution < 1.29 is 27.8 Å². The number of methoxy groups -OCH3 is 1. The first kappa shape index (κ1) is 24.3. The molecule has 1 saturated heterocycles. The van der Waals surface area contributed by atoms with Crippen molar-refractivity contribution in [3.05, 3.63) is 42.2 Å². The van der Waals surface area contributed by atoms with Gasteiger partial charge in [0.2, 0.25) is 0 Å². The minimum absolute atomic E-state index is 0.0492. The number of rotatable bonds is 9. The zero-order chi connectivity index (χ0) is 25.2. The monoisotopic (exact) mass is 500 g/mol. The molecule has 0 spiro atoms. The third-order valence-electron chi connectivity index (χ3n) is 6.75. The van der Waals surface area contributed by atoms with Crippen molar-refractivity contribution in [3.8, 4) is 28.5 Å². The number of alkyl halides is 2. The Hall–Kier alpha value is -3.40. The fourth-order valence-corrected chi connectivity index (χ4v) is 4.50. The number of likely N-dealkylation sites (tertiary alicyclic amines) is 1. The van der Waals surface area contributed by atoms with Gasteiger partial charge in [-0.2, -0.15) is 8.78 Å². The van der Waals surface area contributed by atoms with Gasteiger partial charge in [-0.05, 0) is 69.9 Å². The van der Waals surface area contributed by atoms with E-state index < -0.39 is 12.5 Å². The van der Waals surface area contributed by atoms with Crippen molar-refractivity contribution in [2.24, 2.45) is 5.92 Å². The van der Waals surface area contributed by atoms with E-state index in [4.69, 9.17) is 14.2 Å². The van der Waals surface area contributed by atoms with Gasteiger partial charge in [0.05, 0.1) is 25.6 Å². The molecule has 5 rings (SSSR count). The lowest BCUT2D eigenvalue weighted by Crippen LogP contribution is -2.32. The third kappa shape index (κ3) is 5.38. The number of nitrogens with zero attached hydrogens (tertiary/aromatic N) is 3. The van der Waals surface area contributed by atoms with Gasteiger partial charge in [-0.15, -0.1) is 0 Å². The van der Waals surface area contributed by atoms with Gasteiger partial charge >= 0.3 is 6.61 Å². The van der Waals surface area contributed by atoms with Crippen molar-refractivity contribution in [2.75, 3.05) is 33.9 Å². The SMILES string of the molecule is COc1cc(-c2cnc3cc(OCC4CCN(C)CC4)ccn23)cc(OC(F)F)c1C(=O)NC1CC1. The number of hydrogen-bond acceptors (Lipinski definition) is 6. The number of nitrogens with one attached hydrogen (secondary N) is 1. The first-order valence-electron chi connectivity index (χ1n) is 12.2. The van der Waals surface area contributed by atoms with Crippen LogP contribution in [0, 0.1) is 5.92 Å². The van der Waals surface area contributed by atoms with Crippen molar-refractivity contribution in [2.45, 2.75) is 38.3 Å². The van der Waals surface area contributed by atoms with E-state index in [0.717, 1.165) is 44.5 Å². The average molecular weight is 501 g/mol. The second kappa shape index (κ2) is 10.3. The summed E-state index contributed by atoms with van der Waals surface area (Å²) in [4.78, 5) is 19.6. The number of benzene rings is 1. The predicted octanol–water partition coefficient (Wildman–Crippen LogP) is 4.22. The number of amides is 1. The lowest BCUT2D eigenvalue weighted by molar-refractivity contribution is -0.0502. The molecule has 36 heavy (non-hydrogen) atoms. The Morgan fingerprint density at radius 3 is 2.61 bits per heavy atom. The van der Waals surface area contributed by atoms with Crippen LogP contribution in [0.5, 0.6) is 17.2 Å². The maximum atomic E-state index is 13.2. The van der Waals surface area contributed by atoms with E-state index in [9.17, 15) is 13.6 Å². The molecule has 8 nitrogen and oxygen atoms in total. The number of pyridine rings is 1. The highest BCUT2D eigenvalue weighted by Gasteiger charge is 2.29. The molecule has 1 saturated carbocycles. The minimum atomic E-state index is -3.09. The number of ether oxygens (including phenoxy) is 3. The van der Waals surface area contributed by atoms with Crippen LogP contribution in [-0.4, -0.2) is 66.7 Å². The maximum absolute atomic E-state index is 13.2. The van der Waals surface area contributed by atoms with Gasteiger partial charge in [0.25, 0.3) is 5.91 Å². The zero-order valence-corrected chi connectivity index (χ0v) is 20.4. The molecule has 2 fully saturated rings. The van der Waals surface area contributed by atoms with Crippen LogP contribution in [-0.2, 0) is 0 Å². The summed E-state index contributed by atoms with van der Waals surface area (Å²) in [5.74, 6) is 0.662. The number of imidazole rings is 1. The summed E-state index contributed by atoms with van der Waals surface area (Å²) in [7, 11) is 3.52. The van der Waals surface area contributed by atoms with Gasteiger partial charge in [-0.3, -0.25) is 9.20 Å².